The summed E-state index contributed by atoms with van der Waals surface area (Å²) in [7, 11) is 0. The number of unbranched alkanes of at least 4 members (excludes halogenated alkanes) is 2. The van der Waals surface area contributed by atoms with E-state index in [-0.39, 0.29) is 12.2 Å². The number of halogens is 3. The molecule has 1 heterocycles. The Morgan fingerprint density at radius 2 is 1.79 bits per heavy atom. The molecule has 4 nitrogen and oxygen atoms in total. The fourth-order valence-electron chi connectivity index (χ4n) is 4.84. The number of fused-ring (bicyclic) bond motifs is 1. The molecule has 3 aromatic rings. The Bertz CT molecular complexity index is 1280. The average Bonchev–Trinajstić information content (AvgIpc) is 3.26. The number of esters is 1. The number of aromatic nitrogens is 1. The summed E-state index contributed by atoms with van der Waals surface area (Å²) in [6.45, 7) is 11.5. The van der Waals surface area contributed by atoms with E-state index in [0.717, 1.165) is 36.0 Å². The molecule has 1 atom stereocenters. The molecule has 39 heavy (non-hydrogen) atoms. The first kappa shape index (κ1) is 30.3. The maximum atomic E-state index is 13.1. The van der Waals surface area contributed by atoms with Crippen LogP contribution in [0.1, 0.15) is 64.5 Å². The minimum atomic E-state index is -4.40. The molecule has 0 saturated carbocycles. The number of carbonyl (C=O) groups is 1. The molecule has 0 fully saturated rings. The molecule has 0 N–H and O–H groups in total. The normalized spacial score (nSPS) is 12.5. The summed E-state index contributed by atoms with van der Waals surface area (Å²) in [6, 6.07) is 14.5. The molecule has 212 valence electrons. The van der Waals surface area contributed by atoms with Gasteiger partial charge in [-0.05, 0) is 62.4 Å². The molecule has 0 aliphatic heterocycles. The van der Waals surface area contributed by atoms with E-state index in [1.165, 1.54) is 42.9 Å². The van der Waals surface area contributed by atoms with Crippen molar-refractivity contribution in [3.8, 4) is 17.0 Å². The summed E-state index contributed by atoms with van der Waals surface area (Å²) >= 11 is 0. The van der Waals surface area contributed by atoms with Gasteiger partial charge in [0.2, 0.25) is 0 Å². The molecule has 1 aromatic heterocycles. The number of rotatable bonds is 14. The molecule has 0 spiro atoms. The highest BCUT2D eigenvalue weighted by Gasteiger charge is 2.33. The lowest BCUT2D eigenvalue weighted by Gasteiger charge is -2.19. The van der Waals surface area contributed by atoms with E-state index >= 15 is 0 Å². The Kier molecular flexibility index (Phi) is 10.7. The second-order valence-electron chi connectivity index (χ2n) is 10.2. The lowest BCUT2D eigenvalue weighted by atomic mass is 9.97. The van der Waals surface area contributed by atoms with E-state index < -0.39 is 31.1 Å². The first-order valence-corrected chi connectivity index (χ1v) is 13.8. The van der Waals surface area contributed by atoms with E-state index in [2.05, 4.69) is 56.2 Å². The monoisotopic (exact) mass is 543 g/mol. The van der Waals surface area contributed by atoms with Gasteiger partial charge in [-0.2, -0.15) is 13.2 Å². The number of benzene rings is 2. The minimum absolute atomic E-state index is 0.139. The third-order valence-corrected chi connectivity index (χ3v) is 6.89. The summed E-state index contributed by atoms with van der Waals surface area (Å²) in [5.41, 5.74) is 6.07. The van der Waals surface area contributed by atoms with Crippen LogP contribution in [0, 0.1) is 5.92 Å². The van der Waals surface area contributed by atoms with Crippen molar-refractivity contribution < 1.29 is 27.4 Å². The lowest BCUT2D eigenvalue weighted by Crippen LogP contribution is -2.26. The SMILES string of the molecule is C=C(C)C(=O)OCC(COc1ccc2cc(-c3ccc(CCCCC)cc3CC)n(CC)c2c1)CC(F)(F)F. The van der Waals surface area contributed by atoms with Crippen LogP contribution in [0.3, 0.4) is 0 Å². The van der Waals surface area contributed by atoms with Crippen LogP contribution in [-0.2, 0) is 28.9 Å². The smallest absolute Gasteiger partial charge is 0.389 e. The summed E-state index contributed by atoms with van der Waals surface area (Å²) in [5, 5.41) is 1.04. The molecule has 0 radical (unpaired) electrons. The predicted molar refractivity (Wildman–Crippen MR) is 151 cm³/mol. The zero-order valence-corrected chi connectivity index (χ0v) is 23.5. The fourth-order valence-corrected chi connectivity index (χ4v) is 4.84. The van der Waals surface area contributed by atoms with E-state index in [4.69, 9.17) is 9.47 Å². The molecule has 0 bridgehead atoms. The molecule has 0 aliphatic carbocycles. The van der Waals surface area contributed by atoms with Gasteiger partial charge < -0.3 is 14.0 Å². The Hall–Kier alpha value is -3.22. The maximum Gasteiger partial charge on any atom is 0.389 e. The van der Waals surface area contributed by atoms with Crippen molar-refractivity contribution in [1.29, 1.82) is 0 Å². The van der Waals surface area contributed by atoms with Gasteiger partial charge >= 0.3 is 12.1 Å². The van der Waals surface area contributed by atoms with Gasteiger partial charge in [-0.15, -0.1) is 0 Å². The van der Waals surface area contributed by atoms with Crippen LogP contribution < -0.4 is 4.74 Å². The highest BCUT2D eigenvalue weighted by Crippen LogP contribution is 2.34. The van der Waals surface area contributed by atoms with E-state index in [9.17, 15) is 18.0 Å². The average molecular weight is 544 g/mol. The lowest BCUT2D eigenvalue weighted by molar-refractivity contribution is -0.158. The van der Waals surface area contributed by atoms with Crippen LogP contribution in [0.2, 0.25) is 0 Å². The van der Waals surface area contributed by atoms with Crippen molar-refractivity contribution in [3.63, 3.8) is 0 Å². The van der Waals surface area contributed by atoms with Gasteiger partial charge in [0.15, 0.2) is 0 Å². The molecule has 7 heteroatoms. The summed E-state index contributed by atoms with van der Waals surface area (Å²) in [5.74, 6) is -1.26. The number of hydrogen-bond donors (Lipinski definition) is 0. The number of ether oxygens (including phenoxy) is 2. The van der Waals surface area contributed by atoms with Crippen LogP contribution in [-0.4, -0.2) is 29.9 Å². The van der Waals surface area contributed by atoms with Crippen LogP contribution in [0.4, 0.5) is 13.2 Å². The van der Waals surface area contributed by atoms with Gasteiger partial charge in [-0.3, -0.25) is 0 Å². The summed E-state index contributed by atoms with van der Waals surface area (Å²) in [4.78, 5) is 11.7. The van der Waals surface area contributed by atoms with E-state index in [1.54, 1.807) is 6.07 Å². The molecule has 0 aliphatic rings. The Balaban J connectivity index is 1.84. The quantitative estimate of drug-likeness (QED) is 0.116. The van der Waals surface area contributed by atoms with Crippen molar-refractivity contribution >= 4 is 16.9 Å². The molecule has 0 saturated heterocycles. The van der Waals surface area contributed by atoms with Crippen molar-refractivity contribution in [2.24, 2.45) is 5.92 Å². The zero-order valence-electron chi connectivity index (χ0n) is 23.5. The first-order valence-electron chi connectivity index (χ1n) is 13.8. The Labute approximate surface area is 229 Å². The fraction of sp³-hybridized carbons (Fsp3) is 0.469. The Morgan fingerprint density at radius 3 is 2.44 bits per heavy atom. The highest BCUT2D eigenvalue weighted by atomic mass is 19.4. The topological polar surface area (TPSA) is 40.5 Å². The van der Waals surface area contributed by atoms with E-state index in [1.807, 2.05) is 12.1 Å². The van der Waals surface area contributed by atoms with Crippen LogP contribution in [0.25, 0.3) is 22.2 Å². The molecule has 3 rings (SSSR count). The molecule has 1 unspecified atom stereocenters. The number of aryl methyl sites for hydroxylation is 3. The van der Waals surface area contributed by atoms with Gasteiger partial charge in [0, 0.05) is 40.7 Å². The van der Waals surface area contributed by atoms with Crippen LogP contribution in [0.5, 0.6) is 5.75 Å². The summed E-state index contributed by atoms with van der Waals surface area (Å²) < 4.78 is 52.4. The first-order chi connectivity index (χ1) is 18.6. The third-order valence-electron chi connectivity index (χ3n) is 6.89. The van der Waals surface area contributed by atoms with Crippen molar-refractivity contribution in [2.75, 3.05) is 13.2 Å². The zero-order chi connectivity index (χ0) is 28.6. The van der Waals surface area contributed by atoms with Gasteiger partial charge in [0.05, 0.1) is 25.2 Å². The van der Waals surface area contributed by atoms with Crippen molar-refractivity contribution in [2.45, 2.75) is 78.9 Å². The van der Waals surface area contributed by atoms with Gasteiger partial charge in [0.25, 0.3) is 0 Å². The number of nitrogens with zero attached hydrogens (tertiary/aromatic N) is 1. The largest absolute Gasteiger partial charge is 0.493 e. The Morgan fingerprint density at radius 1 is 1.03 bits per heavy atom. The van der Waals surface area contributed by atoms with Gasteiger partial charge in [0.1, 0.15) is 5.75 Å². The number of carbonyl (C=O) groups excluding carboxylic acids is 1. The van der Waals surface area contributed by atoms with Crippen LogP contribution in [0.15, 0.2) is 54.6 Å². The standard InChI is InChI=1S/C32H40F3NO3/c1-6-9-10-11-23-12-15-28(25(7-2)16-23)30-17-26-13-14-27(18-29(26)36(30)8-3)38-20-24(19-32(33,34)35)21-39-31(37)22(4)5/h12-18,24H,4,6-11,19-21H2,1-3,5H3. The molecule has 0 amide bonds. The van der Waals surface area contributed by atoms with Crippen molar-refractivity contribution in [3.05, 3.63) is 65.7 Å². The van der Waals surface area contributed by atoms with Gasteiger partial charge in [-0.1, -0.05) is 51.5 Å². The second-order valence-corrected chi connectivity index (χ2v) is 10.2. The predicted octanol–water partition coefficient (Wildman–Crippen LogP) is 8.69. The third kappa shape index (κ3) is 8.38. The summed E-state index contributed by atoms with van der Waals surface area (Å²) in [6.07, 6.45) is 0.121. The molecular formula is C32H40F3NO3. The number of hydrogen-bond acceptors (Lipinski definition) is 3. The highest BCUT2D eigenvalue weighted by molar-refractivity contribution is 5.89. The number of alkyl halides is 3. The minimum Gasteiger partial charge on any atom is -0.493 e. The molecular weight excluding hydrogens is 503 g/mol. The maximum absolute atomic E-state index is 13.1. The van der Waals surface area contributed by atoms with Crippen molar-refractivity contribution in [1.82, 2.24) is 4.57 Å². The van der Waals surface area contributed by atoms with E-state index in [0.29, 0.717) is 5.75 Å². The second kappa shape index (κ2) is 13.7. The van der Waals surface area contributed by atoms with Crippen LogP contribution >= 0.6 is 0 Å². The molecule has 2 aromatic carbocycles. The van der Waals surface area contributed by atoms with Gasteiger partial charge in [-0.25, -0.2) is 4.79 Å².